The van der Waals surface area contributed by atoms with Gasteiger partial charge >= 0.3 is 0 Å². The topological polar surface area (TPSA) is 18.5 Å². The summed E-state index contributed by atoms with van der Waals surface area (Å²) in [5.74, 6) is 0. The van der Waals surface area contributed by atoms with E-state index in [1.54, 1.807) is 0 Å². The monoisotopic (exact) mass is 244 g/mol. The smallest absolute Gasteiger partial charge is 0.211 e. The summed E-state index contributed by atoms with van der Waals surface area (Å²) in [4.78, 5) is 9.49. The molecule has 0 unspecified atom stereocenters. The maximum Gasteiger partial charge on any atom is 0.211 e. The molecule has 1 saturated heterocycles. The fourth-order valence-corrected chi connectivity index (χ4v) is 1.25. The van der Waals surface area contributed by atoms with Gasteiger partial charge in [0.2, 0.25) is 3.42 Å². The third-order valence-corrected chi connectivity index (χ3v) is 1.93. The van der Waals surface area contributed by atoms with Crippen molar-refractivity contribution in [1.29, 1.82) is 0 Å². The first-order chi connectivity index (χ1) is 3.71. The van der Waals surface area contributed by atoms with Crippen LogP contribution in [0, 0.1) is 0 Å². The van der Waals surface area contributed by atoms with Crippen molar-refractivity contribution in [3.05, 3.63) is 0 Å². The Kier molecular flexibility index (Phi) is 2.31. The van der Waals surface area contributed by atoms with E-state index in [0.717, 1.165) is 12.8 Å². The highest BCUT2D eigenvalue weighted by molar-refractivity contribution is 9.25. The van der Waals surface area contributed by atoms with Gasteiger partial charge in [-0.25, -0.2) is 9.78 Å². The van der Waals surface area contributed by atoms with Crippen molar-refractivity contribution < 1.29 is 9.78 Å². The molecule has 48 valence electrons. The molecule has 0 aromatic rings. The molecular formula is C4H6Br2O2. The molecular weight excluding hydrogens is 240 g/mol. The van der Waals surface area contributed by atoms with Gasteiger partial charge in [-0.15, -0.1) is 0 Å². The van der Waals surface area contributed by atoms with Gasteiger partial charge < -0.3 is 0 Å². The van der Waals surface area contributed by atoms with Crippen LogP contribution in [0.15, 0.2) is 0 Å². The van der Waals surface area contributed by atoms with Gasteiger partial charge in [-0.3, -0.25) is 0 Å². The maximum atomic E-state index is 4.80. The molecule has 4 heteroatoms. The summed E-state index contributed by atoms with van der Waals surface area (Å²) in [5, 5.41) is 0. The van der Waals surface area contributed by atoms with E-state index in [9.17, 15) is 0 Å². The Hall–Kier alpha value is 0.880. The Bertz CT molecular complexity index is 76.1. The average molecular weight is 246 g/mol. The Morgan fingerprint density at radius 1 is 1.38 bits per heavy atom. The van der Waals surface area contributed by atoms with Gasteiger partial charge in [0.05, 0.1) is 6.61 Å². The van der Waals surface area contributed by atoms with E-state index in [1.165, 1.54) is 0 Å². The zero-order chi connectivity index (χ0) is 6.04. The summed E-state index contributed by atoms with van der Waals surface area (Å²) < 4.78 is -0.418. The first-order valence-corrected chi connectivity index (χ1v) is 3.98. The van der Waals surface area contributed by atoms with Gasteiger partial charge in [0.25, 0.3) is 0 Å². The second kappa shape index (κ2) is 2.64. The molecule has 0 aromatic carbocycles. The van der Waals surface area contributed by atoms with E-state index in [4.69, 9.17) is 9.78 Å². The second-order valence-corrected chi connectivity index (χ2v) is 5.27. The van der Waals surface area contributed by atoms with Gasteiger partial charge in [-0.05, 0) is 38.3 Å². The summed E-state index contributed by atoms with van der Waals surface area (Å²) in [5.41, 5.74) is 0. The van der Waals surface area contributed by atoms with Crippen LogP contribution in [0.5, 0.6) is 0 Å². The van der Waals surface area contributed by atoms with Crippen molar-refractivity contribution in [1.82, 2.24) is 0 Å². The molecule has 0 N–H and O–H groups in total. The maximum absolute atomic E-state index is 4.80. The van der Waals surface area contributed by atoms with Gasteiger partial charge in [-0.1, -0.05) is 0 Å². The lowest BCUT2D eigenvalue weighted by molar-refractivity contribution is -0.329. The van der Waals surface area contributed by atoms with E-state index in [0.29, 0.717) is 6.61 Å². The van der Waals surface area contributed by atoms with Gasteiger partial charge in [0.15, 0.2) is 0 Å². The average Bonchev–Trinajstić information content (AvgIpc) is 1.65. The highest BCUT2D eigenvalue weighted by atomic mass is 79.9. The van der Waals surface area contributed by atoms with Crippen LogP contribution in [0.25, 0.3) is 0 Å². The quantitative estimate of drug-likeness (QED) is 0.481. The second-order valence-electron chi connectivity index (χ2n) is 1.65. The highest BCUT2D eigenvalue weighted by Crippen LogP contribution is 2.35. The Labute approximate surface area is 64.7 Å². The van der Waals surface area contributed by atoms with E-state index in [-0.39, 0.29) is 0 Å². The van der Waals surface area contributed by atoms with E-state index in [1.807, 2.05) is 0 Å². The molecule has 0 saturated carbocycles. The third-order valence-electron chi connectivity index (χ3n) is 0.876. The predicted octanol–water partition coefficient (Wildman–Crippen LogP) is 2.17. The van der Waals surface area contributed by atoms with E-state index < -0.39 is 3.42 Å². The summed E-state index contributed by atoms with van der Waals surface area (Å²) in [6.45, 7) is 0.693. The molecule has 0 aromatic heterocycles. The zero-order valence-electron chi connectivity index (χ0n) is 4.19. The standard InChI is InChI=1S/C4H6Br2O2/c5-4(6)2-1-3-7-8-4/h1-3H2. The first-order valence-electron chi connectivity index (χ1n) is 2.39. The van der Waals surface area contributed by atoms with Crippen LogP contribution >= 0.6 is 31.9 Å². The minimum atomic E-state index is -0.418. The highest BCUT2D eigenvalue weighted by Gasteiger charge is 2.27. The van der Waals surface area contributed by atoms with Crippen LogP contribution in [0.3, 0.4) is 0 Å². The number of hydrogen-bond donors (Lipinski definition) is 0. The van der Waals surface area contributed by atoms with E-state index >= 15 is 0 Å². The molecule has 1 rings (SSSR count). The van der Waals surface area contributed by atoms with Crippen molar-refractivity contribution >= 4 is 31.9 Å². The van der Waals surface area contributed by atoms with Gasteiger partial charge in [-0.2, -0.15) is 0 Å². The lowest BCUT2D eigenvalue weighted by Gasteiger charge is -2.23. The van der Waals surface area contributed by atoms with Crippen LogP contribution in [0.4, 0.5) is 0 Å². The molecule has 1 heterocycles. The summed E-state index contributed by atoms with van der Waals surface area (Å²) in [7, 11) is 0. The molecule has 1 aliphatic rings. The lowest BCUT2D eigenvalue weighted by atomic mass is 10.3. The van der Waals surface area contributed by atoms with Crippen LogP contribution in [0.2, 0.25) is 0 Å². The number of halogens is 2. The van der Waals surface area contributed by atoms with Crippen LogP contribution in [0.1, 0.15) is 12.8 Å². The molecule has 0 aliphatic carbocycles. The minimum Gasteiger partial charge on any atom is -0.234 e. The molecule has 0 amide bonds. The summed E-state index contributed by atoms with van der Waals surface area (Å²) >= 11 is 6.52. The summed E-state index contributed by atoms with van der Waals surface area (Å²) in [6.07, 6.45) is 1.96. The lowest BCUT2D eigenvalue weighted by Crippen LogP contribution is -2.22. The molecule has 8 heavy (non-hydrogen) atoms. The number of rotatable bonds is 0. The predicted molar refractivity (Wildman–Crippen MR) is 36.9 cm³/mol. The Morgan fingerprint density at radius 3 is 2.38 bits per heavy atom. The van der Waals surface area contributed by atoms with Crippen molar-refractivity contribution in [2.75, 3.05) is 6.61 Å². The largest absolute Gasteiger partial charge is 0.234 e. The van der Waals surface area contributed by atoms with Crippen molar-refractivity contribution in [2.45, 2.75) is 16.3 Å². The van der Waals surface area contributed by atoms with E-state index in [2.05, 4.69) is 31.9 Å². The molecule has 1 aliphatic heterocycles. The number of alkyl halides is 2. The van der Waals surface area contributed by atoms with Crippen LogP contribution in [-0.2, 0) is 9.78 Å². The third kappa shape index (κ3) is 2.01. The van der Waals surface area contributed by atoms with Crippen molar-refractivity contribution in [3.63, 3.8) is 0 Å². The molecule has 0 atom stereocenters. The molecule has 0 bridgehead atoms. The van der Waals surface area contributed by atoms with Gasteiger partial charge in [0.1, 0.15) is 0 Å². The number of hydrogen-bond acceptors (Lipinski definition) is 2. The zero-order valence-corrected chi connectivity index (χ0v) is 7.37. The fourth-order valence-electron chi connectivity index (χ4n) is 0.506. The van der Waals surface area contributed by atoms with Crippen LogP contribution < -0.4 is 0 Å². The summed E-state index contributed by atoms with van der Waals surface area (Å²) in [6, 6.07) is 0. The SMILES string of the molecule is BrC1(Br)CCCOO1. The van der Waals surface area contributed by atoms with Crippen molar-refractivity contribution in [3.8, 4) is 0 Å². The first kappa shape index (κ1) is 6.99. The molecule has 1 fully saturated rings. The normalized spacial score (nSPS) is 27.8. The minimum absolute atomic E-state index is 0.418. The molecule has 0 radical (unpaired) electrons. The fraction of sp³-hybridized carbons (Fsp3) is 1.00. The van der Waals surface area contributed by atoms with Crippen molar-refractivity contribution in [2.24, 2.45) is 0 Å². The Balaban J connectivity index is 2.33. The Morgan fingerprint density at radius 2 is 2.12 bits per heavy atom. The molecule has 0 spiro atoms. The van der Waals surface area contributed by atoms with Crippen LogP contribution in [-0.4, -0.2) is 10.0 Å². The molecule has 2 nitrogen and oxygen atoms in total. The van der Waals surface area contributed by atoms with Gasteiger partial charge in [0, 0.05) is 6.42 Å².